The zero-order valence-corrected chi connectivity index (χ0v) is 16.1. The molecule has 0 aliphatic rings. The van der Waals surface area contributed by atoms with Gasteiger partial charge >= 0.3 is 0 Å². The van der Waals surface area contributed by atoms with Crippen molar-refractivity contribution < 1.29 is 9.53 Å². The lowest BCUT2D eigenvalue weighted by Gasteiger charge is -2.18. The van der Waals surface area contributed by atoms with Gasteiger partial charge in [0.25, 0.3) is 5.91 Å². The van der Waals surface area contributed by atoms with Gasteiger partial charge < -0.3 is 15.4 Å². The summed E-state index contributed by atoms with van der Waals surface area (Å²) in [5.41, 5.74) is 4.56. The first-order valence-corrected chi connectivity index (χ1v) is 8.93. The Morgan fingerprint density at radius 1 is 1.18 bits per heavy atom. The number of carbonyl (C=O) groups excluding carboxylic acids is 1. The summed E-state index contributed by atoms with van der Waals surface area (Å²) >= 11 is 0. The monoisotopic (exact) mass is 373 g/mol. The summed E-state index contributed by atoms with van der Waals surface area (Å²) < 4.78 is 5.44. The molecule has 0 aliphatic heterocycles. The minimum absolute atomic E-state index is 0.229. The highest BCUT2D eigenvalue weighted by Crippen LogP contribution is 2.35. The summed E-state index contributed by atoms with van der Waals surface area (Å²) in [6, 6.07) is 13.5. The number of ether oxygens (including phenoxy) is 1. The van der Waals surface area contributed by atoms with E-state index in [0.29, 0.717) is 29.1 Å². The fourth-order valence-electron chi connectivity index (χ4n) is 3.03. The van der Waals surface area contributed by atoms with Gasteiger partial charge in [0.1, 0.15) is 11.3 Å². The predicted molar refractivity (Wildman–Crippen MR) is 115 cm³/mol. The number of aromatic nitrogens is 1. The van der Waals surface area contributed by atoms with Crippen molar-refractivity contribution in [3.63, 3.8) is 0 Å². The summed E-state index contributed by atoms with van der Waals surface area (Å²) in [5, 5.41) is 7.04. The lowest BCUT2D eigenvalue weighted by molar-refractivity contribution is 0.0958. The van der Waals surface area contributed by atoms with Crippen LogP contribution in [0.15, 0.2) is 67.9 Å². The van der Waals surface area contributed by atoms with Gasteiger partial charge in [-0.1, -0.05) is 43.0 Å². The van der Waals surface area contributed by atoms with Crippen molar-refractivity contribution >= 4 is 33.8 Å². The number of anilines is 2. The van der Waals surface area contributed by atoms with Crippen LogP contribution in [0.2, 0.25) is 0 Å². The van der Waals surface area contributed by atoms with Crippen molar-refractivity contribution in [1.29, 1.82) is 0 Å². The number of nitrogens with one attached hydrogen (secondary N) is 2. The average Bonchev–Trinajstić information content (AvgIpc) is 2.71. The Hall–Kier alpha value is -3.60. The topological polar surface area (TPSA) is 63.2 Å². The van der Waals surface area contributed by atoms with E-state index in [2.05, 4.69) is 28.8 Å². The lowest BCUT2D eigenvalue weighted by Crippen LogP contribution is -2.24. The van der Waals surface area contributed by atoms with Crippen LogP contribution in [0.5, 0.6) is 5.75 Å². The van der Waals surface area contributed by atoms with E-state index in [1.807, 2.05) is 49.4 Å². The number of fused-ring (bicyclic) bond motifs is 1. The molecule has 2 aromatic carbocycles. The van der Waals surface area contributed by atoms with Gasteiger partial charge in [-0.3, -0.25) is 9.78 Å². The maximum Gasteiger partial charge on any atom is 0.255 e. The summed E-state index contributed by atoms with van der Waals surface area (Å²) in [7, 11) is 1.60. The first-order chi connectivity index (χ1) is 13.6. The maximum atomic E-state index is 12.7. The fraction of sp³-hybridized carbons (Fsp3) is 0.130. The summed E-state index contributed by atoms with van der Waals surface area (Å²) in [5.74, 6) is 0.416. The van der Waals surface area contributed by atoms with Crippen LogP contribution in [0.4, 0.5) is 11.4 Å². The minimum Gasteiger partial charge on any atom is -0.494 e. The molecule has 1 heterocycles. The number of benzene rings is 2. The third-order valence-electron chi connectivity index (χ3n) is 4.38. The third-order valence-corrected chi connectivity index (χ3v) is 4.38. The Morgan fingerprint density at radius 2 is 1.96 bits per heavy atom. The summed E-state index contributed by atoms with van der Waals surface area (Å²) in [4.78, 5) is 17.2. The molecule has 0 radical (unpaired) electrons. The molecular formula is C23H23N3O2. The normalized spacial score (nSPS) is 10.4. The first kappa shape index (κ1) is 19.2. The van der Waals surface area contributed by atoms with Crippen LogP contribution in [0.25, 0.3) is 16.5 Å². The quantitative estimate of drug-likeness (QED) is 0.576. The van der Waals surface area contributed by atoms with E-state index in [1.165, 1.54) is 0 Å². The second-order valence-electron chi connectivity index (χ2n) is 6.35. The zero-order valence-electron chi connectivity index (χ0n) is 16.1. The van der Waals surface area contributed by atoms with E-state index in [9.17, 15) is 4.79 Å². The predicted octanol–water partition coefficient (Wildman–Crippen LogP) is 4.94. The molecule has 3 rings (SSSR count). The van der Waals surface area contributed by atoms with Gasteiger partial charge in [-0.15, -0.1) is 6.58 Å². The highest BCUT2D eigenvalue weighted by atomic mass is 16.5. The summed E-state index contributed by atoms with van der Waals surface area (Å²) in [6.07, 6.45) is 3.20. The zero-order chi connectivity index (χ0) is 20.1. The molecule has 5 nitrogen and oxygen atoms in total. The number of hydrogen-bond donors (Lipinski definition) is 2. The highest BCUT2D eigenvalue weighted by molar-refractivity contribution is 6.09. The first-order valence-electron chi connectivity index (χ1n) is 8.93. The molecule has 28 heavy (non-hydrogen) atoms. The highest BCUT2D eigenvalue weighted by Gasteiger charge is 2.18. The van der Waals surface area contributed by atoms with Gasteiger partial charge in [-0.05, 0) is 24.6 Å². The van der Waals surface area contributed by atoms with Gasteiger partial charge in [0, 0.05) is 29.4 Å². The van der Waals surface area contributed by atoms with Crippen LogP contribution >= 0.6 is 0 Å². The Balaban J connectivity index is 2.21. The van der Waals surface area contributed by atoms with E-state index in [4.69, 9.17) is 4.74 Å². The average molecular weight is 373 g/mol. The molecule has 0 spiro atoms. The largest absolute Gasteiger partial charge is 0.494 e. The van der Waals surface area contributed by atoms with Crippen LogP contribution in [0, 0.1) is 0 Å². The van der Waals surface area contributed by atoms with Gasteiger partial charge in [-0.2, -0.15) is 0 Å². The third kappa shape index (κ3) is 3.74. The van der Waals surface area contributed by atoms with Gasteiger partial charge in [0.05, 0.1) is 18.4 Å². The molecule has 0 atom stereocenters. The molecule has 0 unspecified atom stereocenters. The number of rotatable bonds is 7. The number of hydrogen-bond acceptors (Lipinski definition) is 4. The molecule has 1 aromatic heterocycles. The van der Waals surface area contributed by atoms with Crippen LogP contribution in [-0.2, 0) is 0 Å². The Kier molecular flexibility index (Phi) is 5.75. The second kappa shape index (κ2) is 8.39. The number of nitrogens with zero attached hydrogens (tertiary/aromatic N) is 1. The molecule has 0 saturated heterocycles. The second-order valence-corrected chi connectivity index (χ2v) is 6.35. The standard InChI is InChI=1S/C23H23N3O2/c1-5-13-24-23(27)18-14-25-22-17(10-8-12-20(22)28-4)21(18)26-19-11-7-6-9-16(19)15(2)3/h5-12,14H,1-2,13H2,3-4H3,(H,24,27)(H,25,26). The number of carbonyl (C=O) groups is 1. The van der Waals surface area contributed by atoms with Crippen molar-refractivity contribution in [3.05, 3.63) is 79.0 Å². The van der Waals surface area contributed by atoms with Crippen LogP contribution < -0.4 is 15.4 Å². The molecule has 0 bridgehead atoms. The Bertz CT molecular complexity index is 1060. The van der Waals surface area contributed by atoms with E-state index in [1.54, 1.807) is 19.4 Å². The molecule has 0 saturated carbocycles. The van der Waals surface area contributed by atoms with Crippen LogP contribution in [-0.4, -0.2) is 24.5 Å². The molecule has 0 fully saturated rings. The minimum atomic E-state index is -0.229. The molecular weight excluding hydrogens is 350 g/mol. The van der Waals surface area contributed by atoms with Crippen LogP contribution in [0.1, 0.15) is 22.8 Å². The molecule has 142 valence electrons. The van der Waals surface area contributed by atoms with Crippen molar-refractivity contribution in [3.8, 4) is 5.75 Å². The number of amides is 1. The van der Waals surface area contributed by atoms with Crippen LogP contribution in [0.3, 0.4) is 0 Å². The summed E-state index contributed by atoms with van der Waals surface area (Å²) in [6.45, 7) is 10.0. The smallest absolute Gasteiger partial charge is 0.255 e. The van der Waals surface area contributed by atoms with Crippen molar-refractivity contribution in [2.24, 2.45) is 0 Å². The van der Waals surface area contributed by atoms with Gasteiger partial charge in [0.2, 0.25) is 0 Å². The van der Waals surface area contributed by atoms with Crippen molar-refractivity contribution in [1.82, 2.24) is 10.3 Å². The Morgan fingerprint density at radius 3 is 2.68 bits per heavy atom. The molecule has 1 amide bonds. The fourth-order valence-corrected chi connectivity index (χ4v) is 3.03. The number of para-hydroxylation sites is 2. The lowest BCUT2D eigenvalue weighted by atomic mass is 10.0. The molecule has 2 N–H and O–H groups in total. The van der Waals surface area contributed by atoms with E-state index < -0.39 is 0 Å². The number of methoxy groups -OCH3 is 1. The van der Waals surface area contributed by atoms with Crippen molar-refractivity contribution in [2.75, 3.05) is 19.0 Å². The van der Waals surface area contributed by atoms with E-state index in [0.717, 1.165) is 22.2 Å². The SMILES string of the molecule is C=CCNC(=O)c1cnc2c(OC)cccc2c1Nc1ccccc1C(=C)C. The van der Waals surface area contributed by atoms with E-state index >= 15 is 0 Å². The van der Waals surface area contributed by atoms with E-state index in [-0.39, 0.29) is 5.91 Å². The Labute approximate surface area is 164 Å². The molecule has 0 aliphatic carbocycles. The van der Waals surface area contributed by atoms with Gasteiger partial charge in [-0.25, -0.2) is 0 Å². The van der Waals surface area contributed by atoms with Crippen molar-refractivity contribution in [2.45, 2.75) is 6.92 Å². The molecule has 3 aromatic rings. The number of pyridine rings is 1. The van der Waals surface area contributed by atoms with Gasteiger partial charge in [0.15, 0.2) is 0 Å². The maximum absolute atomic E-state index is 12.7. The number of allylic oxidation sites excluding steroid dienone is 1. The molecule has 5 heteroatoms.